The van der Waals surface area contributed by atoms with Crippen LogP contribution in [-0.2, 0) is 22.6 Å². The summed E-state index contributed by atoms with van der Waals surface area (Å²) in [6, 6.07) is 0. The fraction of sp³-hybridized carbons (Fsp3) is 0.727. The van der Waals surface area contributed by atoms with Crippen molar-refractivity contribution in [2.45, 2.75) is 58.4 Å². The maximum atomic E-state index is 12.9. The van der Waals surface area contributed by atoms with Crippen LogP contribution in [0, 0.1) is 5.92 Å². The fourth-order valence-electron chi connectivity index (χ4n) is 4.72. The van der Waals surface area contributed by atoms with E-state index >= 15 is 0 Å². The second-order valence-electron chi connectivity index (χ2n) is 9.03. The second kappa shape index (κ2) is 8.78. The van der Waals surface area contributed by atoms with E-state index in [9.17, 15) is 9.59 Å². The Bertz CT molecular complexity index is 760. The normalized spacial score (nSPS) is 23.7. The van der Waals surface area contributed by atoms with Crippen LogP contribution >= 0.6 is 0 Å². The molecule has 1 atom stereocenters. The summed E-state index contributed by atoms with van der Waals surface area (Å²) < 4.78 is 0. The number of carbonyl (C=O) groups excluding carboxylic acids is 2. The first-order valence-corrected chi connectivity index (χ1v) is 11.1. The molecule has 7 heteroatoms. The number of aromatic nitrogens is 2. The first kappa shape index (κ1) is 20.3. The van der Waals surface area contributed by atoms with Crippen molar-refractivity contribution in [3.8, 4) is 0 Å². The molecular formula is C22H33N5O2. The Morgan fingerprint density at radius 2 is 1.90 bits per heavy atom. The minimum atomic E-state index is 0.101. The number of fused-ring (bicyclic) bond motifs is 1. The molecule has 2 amide bonds. The van der Waals surface area contributed by atoms with Crippen LogP contribution in [0.2, 0.25) is 0 Å². The maximum absolute atomic E-state index is 12.9. The van der Waals surface area contributed by atoms with Crippen molar-refractivity contribution < 1.29 is 9.59 Å². The summed E-state index contributed by atoms with van der Waals surface area (Å²) in [5, 5.41) is 0. The standard InChI is InChI=1S/C22H33N5O2/c1-16-5-9-25(10-6-16)15-21(29)27-8-3-4-18(13-27)22-23-12-19-14-26(17(2)28)11-7-20(19)24-22/h12,16,18H,3-11,13-15H2,1-2H3/t18-/m1/s1. The Balaban J connectivity index is 1.37. The minimum Gasteiger partial charge on any atom is -0.341 e. The second-order valence-corrected chi connectivity index (χ2v) is 9.03. The van der Waals surface area contributed by atoms with E-state index in [0.29, 0.717) is 13.1 Å². The minimum absolute atomic E-state index is 0.101. The molecule has 4 heterocycles. The summed E-state index contributed by atoms with van der Waals surface area (Å²) in [6.45, 7) is 9.43. The molecule has 2 fully saturated rings. The van der Waals surface area contributed by atoms with Crippen molar-refractivity contribution in [1.82, 2.24) is 24.7 Å². The summed E-state index contributed by atoms with van der Waals surface area (Å²) in [5.41, 5.74) is 2.12. The molecule has 2 saturated heterocycles. The molecule has 0 spiro atoms. The highest BCUT2D eigenvalue weighted by Crippen LogP contribution is 2.27. The molecule has 1 aromatic heterocycles. The van der Waals surface area contributed by atoms with Crippen molar-refractivity contribution in [2.24, 2.45) is 5.92 Å². The number of hydrogen-bond donors (Lipinski definition) is 0. The zero-order valence-corrected chi connectivity index (χ0v) is 17.8. The highest BCUT2D eigenvalue weighted by molar-refractivity contribution is 5.78. The third-order valence-corrected chi connectivity index (χ3v) is 6.77. The molecule has 7 nitrogen and oxygen atoms in total. The van der Waals surface area contributed by atoms with Gasteiger partial charge in [0.1, 0.15) is 5.82 Å². The monoisotopic (exact) mass is 399 g/mol. The van der Waals surface area contributed by atoms with Gasteiger partial charge in [-0.3, -0.25) is 14.5 Å². The van der Waals surface area contributed by atoms with Gasteiger partial charge in [0.15, 0.2) is 0 Å². The van der Waals surface area contributed by atoms with Gasteiger partial charge < -0.3 is 9.80 Å². The molecule has 3 aliphatic rings. The third-order valence-electron chi connectivity index (χ3n) is 6.77. The van der Waals surface area contributed by atoms with E-state index in [2.05, 4.69) is 16.8 Å². The molecular weight excluding hydrogens is 366 g/mol. The molecule has 0 bridgehead atoms. The topological polar surface area (TPSA) is 69.6 Å². The molecule has 0 aliphatic carbocycles. The Labute approximate surface area is 173 Å². The molecule has 1 aromatic rings. The predicted octanol–water partition coefficient (Wildman–Crippen LogP) is 1.82. The zero-order chi connectivity index (χ0) is 20.4. The molecule has 3 aliphatic heterocycles. The summed E-state index contributed by atoms with van der Waals surface area (Å²) in [6.07, 6.45) is 7.10. The number of likely N-dealkylation sites (tertiary alicyclic amines) is 2. The van der Waals surface area contributed by atoms with Crippen LogP contribution in [0.4, 0.5) is 0 Å². The van der Waals surface area contributed by atoms with Crippen LogP contribution in [0.1, 0.15) is 62.5 Å². The molecule has 29 heavy (non-hydrogen) atoms. The van der Waals surface area contributed by atoms with Crippen LogP contribution in [0.5, 0.6) is 0 Å². The number of nitrogens with zero attached hydrogens (tertiary/aromatic N) is 5. The smallest absolute Gasteiger partial charge is 0.236 e. The van der Waals surface area contributed by atoms with Gasteiger partial charge in [-0.1, -0.05) is 6.92 Å². The van der Waals surface area contributed by atoms with Gasteiger partial charge in [-0.15, -0.1) is 0 Å². The average molecular weight is 400 g/mol. The van der Waals surface area contributed by atoms with Gasteiger partial charge in [0.2, 0.25) is 11.8 Å². The molecule has 0 radical (unpaired) electrons. The molecule has 158 valence electrons. The number of carbonyl (C=O) groups is 2. The van der Waals surface area contributed by atoms with Gasteiger partial charge in [0, 0.05) is 57.2 Å². The van der Waals surface area contributed by atoms with Crippen LogP contribution in [0.25, 0.3) is 0 Å². The lowest BCUT2D eigenvalue weighted by molar-refractivity contribution is -0.134. The largest absolute Gasteiger partial charge is 0.341 e. The van der Waals surface area contributed by atoms with Crippen molar-refractivity contribution in [2.75, 3.05) is 39.3 Å². The summed E-state index contributed by atoms with van der Waals surface area (Å²) in [7, 11) is 0. The number of rotatable bonds is 3. The first-order valence-electron chi connectivity index (χ1n) is 11.1. The highest BCUT2D eigenvalue weighted by Gasteiger charge is 2.29. The Kier molecular flexibility index (Phi) is 6.13. The van der Waals surface area contributed by atoms with Crippen LogP contribution < -0.4 is 0 Å². The highest BCUT2D eigenvalue weighted by atomic mass is 16.2. The molecule has 0 unspecified atom stereocenters. The maximum Gasteiger partial charge on any atom is 0.236 e. The van der Waals surface area contributed by atoms with E-state index in [1.807, 2.05) is 16.0 Å². The van der Waals surface area contributed by atoms with Crippen molar-refractivity contribution >= 4 is 11.8 Å². The summed E-state index contributed by atoms with van der Waals surface area (Å²) in [5.74, 6) is 2.21. The Morgan fingerprint density at radius 3 is 2.66 bits per heavy atom. The van der Waals surface area contributed by atoms with Gasteiger partial charge in [-0.05, 0) is 44.7 Å². The van der Waals surface area contributed by atoms with Gasteiger partial charge in [0.05, 0.1) is 12.2 Å². The molecule has 4 rings (SSSR count). The lowest BCUT2D eigenvalue weighted by atomic mass is 9.96. The van der Waals surface area contributed by atoms with Crippen LogP contribution in [-0.4, -0.2) is 75.8 Å². The fourth-order valence-corrected chi connectivity index (χ4v) is 4.72. The van der Waals surface area contributed by atoms with Gasteiger partial charge in [0.25, 0.3) is 0 Å². The molecule has 0 aromatic carbocycles. The summed E-state index contributed by atoms with van der Waals surface area (Å²) in [4.78, 5) is 40.1. The predicted molar refractivity (Wildman–Crippen MR) is 110 cm³/mol. The quantitative estimate of drug-likeness (QED) is 0.775. The van der Waals surface area contributed by atoms with E-state index in [4.69, 9.17) is 4.98 Å². The van der Waals surface area contributed by atoms with Gasteiger partial charge in [-0.2, -0.15) is 0 Å². The number of piperidine rings is 2. The SMILES string of the molecule is CC(=O)N1CCc2nc([C@@H]3CCCN(C(=O)CN4CCC(C)CC4)C3)ncc2C1. The van der Waals surface area contributed by atoms with Gasteiger partial charge in [-0.25, -0.2) is 9.97 Å². The third kappa shape index (κ3) is 4.77. The van der Waals surface area contributed by atoms with Crippen molar-refractivity contribution in [3.63, 3.8) is 0 Å². The lowest BCUT2D eigenvalue weighted by Gasteiger charge is -2.35. The van der Waals surface area contributed by atoms with E-state index in [1.54, 1.807) is 6.92 Å². The van der Waals surface area contributed by atoms with Crippen LogP contribution in [0.3, 0.4) is 0 Å². The van der Waals surface area contributed by atoms with Crippen LogP contribution in [0.15, 0.2) is 6.20 Å². The van der Waals surface area contributed by atoms with E-state index in [0.717, 1.165) is 75.0 Å². The Hall–Kier alpha value is -2.02. The Morgan fingerprint density at radius 1 is 1.10 bits per heavy atom. The molecule has 0 N–H and O–H groups in total. The summed E-state index contributed by atoms with van der Waals surface area (Å²) >= 11 is 0. The lowest BCUT2D eigenvalue weighted by Crippen LogP contribution is -2.46. The molecule has 0 saturated carbocycles. The van der Waals surface area contributed by atoms with E-state index in [1.165, 1.54) is 12.8 Å². The number of hydrogen-bond acceptors (Lipinski definition) is 5. The van der Waals surface area contributed by atoms with Gasteiger partial charge >= 0.3 is 0 Å². The van der Waals surface area contributed by atoms with Crippen molar-refractivity contribution in [1.29, 1.82) is 0 Å². The van der Waals surface area contributed by atoms with E-state index < -0.39 is 0 Å². The average Bonchev–Trinajstić information content (AvgIpc) is 2.74. The first-order chi connectivity index (χ1) is 14.0. The van der Waals surface area contributed by atoms with Crippen molar-refractivity contribution in [3.05, 3.63) is 23.3 Å². The zero-order valence-electron chi connectivity index (χ0n) is 17.8. The number of amides is 2. The van der Waals surface area contributed by atoms with E-state index in [-0.39, 0.29) is 17.7 Å².